The van der Waals surface area contributed by atoms with Gasteiger partial charge in [0.1, 0.15) is 0 Å². The van der Waals surface area contributed by atoms with Crippen LogP contribution in [-0.2, 0) is 9.53 Å². The molecule has 0 saturated heterocycles. The van der Waals surface area contributed by atoms with E-state index in [1.54, 1.807) is 12.1 Å². The lowest BCUT2D eigenvalue weighted by atomic mass is 10.1. The van der Waals surface area contributed by atoms with Crippen molar-refractivity contribution in [2.24, 2.45) is 0 Å². The lowest BCUT2D eigenvalue weighted by molar-refractivity contribution is -0.139. The van der Waals surface area contributed by atoms with Crippen molar-refractivity contribution < 1.29 is 19.4 Å². The molecule has 0 heterocycles. The number of nitrogens with one attached hydrogen (secondary N) is 1. The van der Waals surface area contributed by atoms with E-state index in [4.69, 9.17) is 9.84 Å². The van der Waals surface area contributed by atoms with Crippen molar-refractivity contribution in [2.75, 3.05) is 13.7 Å². The van der Waals surface area contributed by atoms with Crippen molar-refractivity contribution in [2.45, 2.75) is 19.4 Å². The van der Waals surface area contributed by atoms with Crippen molar-refractivity contribution in [3.63, 3.8) is 0 Å². The van der Waals surface area contributed by atoms with E-state index in [-0.39, 0.29) is 18.9 Å². The van der Waals surface area contributed by atoms with E-state index in [9.17, 15) is 9.59 Å². The third kappa shape index (κ3) is 5.00. The van der Waals surface area contributed by atoms with Gasteiger partial charge in [0.25, 0.3) is 5.91 Å². The van der Waals surface area contributed by atoms with Crippen LogP contribution in [0.2, 0.25) is 0 Å². The summed E-state index contributed by atoms with van der Waals surface area (Å²) in [6, 6.07) is 5.35. The lowest BCUT2D eigenvalue weighted by Crippen LogP contribution is -2.34. The molecule has 0 aliphatic carbocycles. The molecule has 0 saturated carbocycles. The number of benzene rings is 1. The van der Waals surface area contributed by atoms with Crippen molar-refractivity contribution in [3.8, 4) is 0 Å². The van der Waals surface area contributed by atoms with E-state index < -0.39 is 12.1 Å². The predicted molar refractivity (Wildman–Crippen MR) is 74.3 cm³/mol. The molecule has 1 aromatic carbocycles. The molecule has 104 valence electrons. The smallest absolute Gasteiger partial charge is 0.306 e. The van der Waals surface area contributed by atoms with Crippen LogP contribution in [0.1, 0.15) is 22.3 Å². The summed E-state index contributed by atoms with van der Waals surface area (Å²) in [5.74, 6) is -1.20. The summed E-state index contributed by atoms with van der Waals surface area (Å²) in [5, 5.41) is 11.3. The lowest BCUT2D eigenvalue weighted by Gasteiger charge is -2.14. The second kappa shape index (κ2) is 7.25. The van der Waals surface area contributed by atoms with Crippen molar-refractivity contribution in [3.05, 3.63) is 33.8 Å². The van der Waals surface area contributed by atoms with Gasteiger partial charge in [0.2, 0.25) is 0 Å². The fourth-order valence-corrected chi connectivity index (χ4v) is 2.09. The maximum atomic E-state index is 12.0. The van der Waals surface area contributed by atoms with E-state index in [0.29, 0.717) is 5.56 Å². The van der Waals surface area contributed by atoms with Crippen molar-refractivity contribution in [1.82, 2.24) is 5.32 Å². The van der Waals surface area contributed by atoms with Gasteiger partial charge in [-0.2, -0.15) is 0 Å². The van der Waals surface area contributed by atoms with Crippen LogP contribution in [-0.4, -0.2) is 36.7 Å². The first-order valence-electron chi connectivity index (χ1n) is 5.73. The zero-order valence-corrected chi connectivity index (χ0v) is 12.4. The quantitative estimate of drug-likeness (QED) is 0.836. The zero-order valence-electron chi connectivity index (χ0n) is 10.8. The number of rotatable bonds is 6. The molecule has 0 bridgehead atoms. The first-order valence-corrected chi connectivity index (χ1v) is 6.52. The highest BCUT2D eigenvalue weighted by Gasteiger charge is 2.15. The molecule has 1 atom stereocenters. The van der Waals surface area contributed by atoms with Crippen LogP contribution in [0, 0.1) is 6.92 Å². The molecule has 0 spiro atoms. The van der Waals surface area contributed by atoms with E-state index in [1.165, 1.54) is 7.11 Å². The first kappa shape index (κ1) is 15.7. The van der Waals surface area contributed by atoms with Crippen LogP contribution in [0.5, 0.6) is 0 Å². The Labute approximate surface area is 120 Å². The van der Waals surface area contributed by atoms with Crippen LogP contribution in [0.4, 0.5) is 0 Å². The molecular formula is C13H16BrNO4. The number of aliphatic carboxylic acids is 1. The number of carboxylic acids is 1. The number of aryl methyl sites for hydroxylation is 1. The third-order valence-corrected chi connectivity index (χ3v) is 3.15. The molecule has 0 fully saturated rings. The average Bonchev–Trinajstić information content (AvgIpc) is 2.33. The summed E-state index contributed by atoms with van der Waals surface area (Å²) >= 11 is 3.33. The minimum Gasteiger partial charge on any atom is -0.481 e. The van der Waals surface area contributed by atoms with Gasteiger partial charge in [-0.25, -0.2) is 0 Å². The Bertz CT molecular complexity index is 476. The van der Waals surface area contributed by atoms with Gasteiger partial charge in [0.05, 0.1) is 12.5 Å². The largest absolute Gasteiger partial charge is 0.481 e. The molecular weight excluding hydrogens is 314 g/mol. The third-order valence-electron chi connectivity index (χ3n) is 2.66. The standard InChI is InChI=1S/C13H16BrNO4/c1-8-5-9(14)3-4-11(8)13(18)15-7-10(19-2)6-12(16)17/h3-5,10H,6-7H2,1-2H3,(H,15,18)(H,16,17). The Kier molecular flexibility index (Phi) is 5.98. The van der Waals surface area contributed by atoms with Gasteiger partial charge in [-0.05, 0) is 30.7 Å². The van der Waals surface area contributed by atoms with Gasteiger partial charge in [0.15, 0.2) is 0 Å². The SMILES string of the molecule is COC(CNC(=O)c1ccc(Br)cc1C)CC(=O)O. The summed E-state index contributed by atoms with van der Waals surface area (Å²) in [5.41, 5.74) is 1.41. The van der Waals surface area contributed by atoms with Crippen LogP contribution in [0.25, 0.3) is 0 Å². The van der Waals surface area contributed by atoms with Gasteiger partial charge in [0, 0.05) is 23.7 Å². The number of carbonyl (C=O) groups is 2. The second-order valence-electron chi connectivity index (χ2n) is 4.12. The van der Waals surface area contributed by atoms with Gasteiger partial charge in [-0.1, -0.05) is 15.9 Å². The summed E-state index contributed by atoms with van der Waals surface area (Å²) in [4.78, 5) is 22.5. The van der Waals surface area contributed by atoms with Gasteiger partial charge in [-0.3, -0.25) is 9.59 Å². The molecule has 0 aromatic heterocycles. The van der Waals surface area contributed by atoms with E-state index in [1.807, 2.05) is 13.0 Å². The highest BCUT2D eigenvalue weighted by molar-refractivity contribution is 9.10. The molecule has 5 nitrogen and oxygen atoms in total. The molecule has 2 N–H and O–H groups in total. The summed E-state index contributed by atoms with van der Waals surface area (Å²) in [6.07, 6.45) is -0.673. The summed E-state index contributed by atoms with van der Waals surface area (Å²) in [7, 11) is 1.42. The molecule has 1 amide bonds. The van der Waals surface area contributed by atoms with Crippen LogP contribution in [0.15, 0.2) is 22.7 Å². The Morgan fingerprint density at radius 3 is 2.68 bits per heavy atom. The fourth-order valence-electron chi connectivity index (χ4n) is 1.62. The molecule has 0 aliphatic heterocycles. The zero-order chi connectivity index (χ0) is 14.4. The number of methoxy groups -OCH3 is 1. The molecule has 1 rings (SSSR count). The van der Waals surface area contributed by atoms with Crippen molar-refractivity contribution >= 4 is 27.8 Å². The molecule has 6 heteroatoms. The number of ether oxygens (including phenoxy) is 1. The summed E-state index contributed by atoms with van der Waals surface area (Å²) in [6.45, 7) is 2.00. The van der Waals surface area contributed by atoms with Crippen LogP contribution in [0.3, 0.4) is 0 Å². The average molecular weight is 330 g/mol. The van der Waals surface area contributed by atoms with E-state index >= 15 is 0 Å². The minimum atomic E-state index is -0.957. The number of hydrogen-bond donors (Lipinski definition) is 2. The highest BCUT2D eigenvalue weighted by atomic mass is 79.9. The van der Waals surface area contributed by atoms with Crippen LogP contribution >= 0.6 is 15.9 Å². The maximum Gasteiger partial charge on any atom is 0.306 e. The second-order valence-corrected chi connectivity index (χ2v) is 5.04. The number of halogens is 1. The Balaban J connectivity index is 2.61. The predicted octanol–water partition coefficient (Wildman–Crippen LogP) is 1.98. The molecule has 19 heavy (non-hydrogen) atoms. The molecule has 0 radical (unpaired) electrons. The minimum absolute atomic E-state index is 0.143. The number of carbonyl (C=O) groups excluding carboxylic acids is 1. The fraction of sp³-hybridized carbons (Fsp3) is 0.385. The van der Waals surface area contributed by atoms with Gasteiger partial charge in [-0.15, -0.1) is 0 Å². The van der Waals surface area contributed by atoms with Gasteiger partial charge >= 0.3 is 5.97 Å². The number of hydrogen-bond acceptors (Lipinski definition) is 3. The topological polar surface area (TPSA) is 75.6 Å². The van der Waals surface area contributed by atoms with E-state index in [2.05, 4.69) is 21.2 Å². The Hall–Kier alpha value is -1.40. The highest BCUT2D eigenvalue weighted by Crippen LogP contribution is 2.15. The first-order chi connectivity index (χ1) is 8.93. The van der Waals surface area contributed by atoms with E-state index in [0.717, 1.165) is 10.0 Å². The van der Waals surface area contributed by atoms with Gasteiger partial charge < -0.3 is 15.2 Å². The van der Waals surface area contributed by atoms with Crippen LogP contribution < -0.4 is 5.32 Å². The maximum absolute atomic E-state index is 12.0. The number of amides is 1. The Morgan fingerprint density at radius 1 is 1.47 bits per heavy atom. The van der Waals surface area contributed by atoms with Crippen molar-refractivity contribution in [1.29, 1.82) is 0 Å². The molecule has 1 aromatic rings. The normalized spacial score (nSPS) is 11.9. The summed E-state index contributed by atoms with van der Waals surface area (Å²) < 4.78 is 5.90. The molecule has 1 unspecified atom stereocenters. The number of carboxylic acid groups (broad SMARTS) is 1. The monoisotopic (exact) mass is 329 g/mol. The Morgan fingerprint density at radius 2 is 2.16 bits per heavy atom. The molecule has 0 aliphatic rings.